The zero-order valence-electron chi connectivity index (χ0n) is 10.7. The fourth-order valence-electron chi connectivity index (χ4n) is 2.16. The topological polar surface area (TPSA) is 43.8 Å². The van der Waals surface area contributed by atoms with Crippen molar-refractivity contribution in [2.24, 2.45) is 0 Å². The lowest BCUT2D eigenvalue weighted by molar-refractivity contribution is 0.488. The number of nitrogens with zero attached hydrogens (tertiary/aromatic N) is 2. The molecule has 1 aromatic heterocycles. The largest absolute Gasteiger partial charge is 0.383 e. The Morgan fingerprint density at radius 1 is 1.33 bits per heavy atom. The van der Waals surface area contributed by atoms with Gasteiger partial charge in [0.15, 0.2) is 0 Å². The van der Waals surface area contributed by atoms with Gasteiger partial charge in [-0.2, -0.15) is 5.10 Å². The summed E-state index contributed by atoms with van der Waals surface area (Å²) in [6.07, 6.45) is 2.12. The van der Waals surface area contributed by atoms with Gasteiger partial charge < -0.3 is 5.73 Å². The maximum Gasteiger partial charge on any atom is 0.137 e. The molecule has 0 bridgehead atoms. The third-order valence-electron chi connectivity index (χ3n) is 3.09. The highest BCUT2D eigenvalue weighted by atomic mass is 79.9. The molecule has 18 heavy (non-hydrogen) atoms. The van der Waals surface area contributed by atoms with Gasteiger partial charge in [-0.3, -0.25) is 0 Å². The van der Waals surface area contributed by atoms with Crippen LogP contribution >= 0.6 is 15.9 Å². The van der Waals surface area contributed by atoms with Crippen LogP contribution in [0.15, 0.2) is 34.8 Å². The number of rotatable bonds is 4. The highest BCUT2D eigenvalue weighted by molar-refractivity contribution is 9.10. The van der Waals surface area contributed by atoms with Crippen molar-refractivity contribution in [3.05, 3.63) is 46.1 Å². The highest BCUT2D eigenvalue weighted by Crippen LogP contribution is 2.31. The number of aromatic nitrogens is 2. The van der Waals surface area contributed by atoms with Crippen molar-refractivity contribution in [2.45, 2.75) is 32.7 Å². The number of hydrogen-bond acceptors (Lipinski definition) is 2. The molecule has 0 saturated heterocycles. The normalized spacial score (nSPS) is 12.6. The van der Waals surface area contributed by atoms with E-state index in [9.17, 15) is 0 Å². The average molecular weight is 308 g/mol. The van der Waals surface area contributed by atoms with E-state index in [-0.39, 0.29) is 6.04 Å². The van der Waals surface area contributed by atoms with E-state index in [4.69, 9.17) is 5.73 Å². The Labute approximate surface area is 116 Å². The maximum atomic E-state index is 6.13. The minimum Gasteiger partial charge on any atom is -0.383 e. The van der Waals surface area contributed by atoms with Crippen LogP contribution in [0.1, 0.15) is 37.1 Å². The summed E-state index contributed by atoms with van der Waals surface area (Å²) < 4.78 is 2.83. The predicted octanol–water partition coefficient (Wildman–Crippen LogP) is 3.93. The van der Waals surface area contributed by atoms with E-state index in [1.165, 1.54) is 5.56 Å². The van der Waals surface area contributed by atoms with Crippen molar-refractivity contribution >= 4 is 21.7 Å². The first kappa shape index (κ1) is 13.1. The van der Waals surface area contributed by atoms with Crippen molar-refractivity contribution in [3.8, 4) is 0 Å². The second-order valence-electron chi connectivity index (χ2n) is 4.44. The molecule has 0 saturated carbocycles. The molecule has 0 radical (unpaired) electrons. The van der Waals surface area contributed by atoms with Gasteiger partial charge in [0, 0.05) is 0 Å². The van der Waals surface area contributed by atoms with Crippen LogP contribution in [0.4, 0.5) is 5.82 Å². The van der Waals surface area contributed by atoms with E-state index < -0.39 is 0 Å². The van der Waals surface area contributed by atoms with Crippen LogP contribution in [0.2, 0.25) is 0 Å². The fraction of sp³-hybridized carbons (Fsp3) is 0.357. The summed E-state index contributed by atoms with van der Waals surface area (Å²) in [5.41, 5.74) is 8.31. The monoisotopic (exact) mass is 307 g/mol. The Kier molecular flexibility index (Phi) is 4.07. The highest BCUT2D eigenvalue weighted by Gasteiger charge is 2.19. The average Bonchev–Trinajstić information content (AvgIpc) is 2.65. The van der Waals surface area contributed by atoms with Crippen molar-refractivity contribution in [3.63, 3.8) is 0 Å². The summed E-state index contributed by atoms with van der Waals surface area (Å²) in [6.45, 7) is 4.14. The molecule has 0 spiro atoms. The molecule has 3 nitrogen and oxygen atoms in total. The Morgan fingerprint density at radius 3 is 2.50 bits per heavy atom. The Morgan fingerprint density at radius 2 is 2.00 bits per heavy atom. The molecule has 4 heteroatoms. The molecular formula is C14H18BrN3. The third kappa shape index (κ3) is 2.43. The summed E-state index contributed by atoms with van der Waals surface area (Å²) in [5, 5.41) is 4.55. The lowest BCUT2D eigenvalue weighted by Crippen LogP contribution is -2.14. The molecule has 0 aliphatic carbocycles. The minimum absolute atomic E-state index is 0.209. The molecule has 2 N–H and O–H groups in total. The zero-order chi connectivity index (χ0) is 13.1. The fourth-order valence-corrected chi connectivity index (χ4v) is 2.42. The van der Waals surface area contributed by atoms with Crippen LogP contribution < -0.4 is 5.73 Å². The lowest BCUT2D eigenvalue weighted by atomic mass is 10.0. The van der Waals surface area contributed by atoms with Crippen LogP contribution in [0.3, 0.4) is 0 Å². The smallest absolute Gasteiger partial charge is 0.137 e. The minimum atomic E-state index is 0.209. The molecule has 1 heterocycles. The summed E-state index contributed by atoms with van der Waals surface area (Å²) in [7, 11) is 0. The molecule has 0 fully saturated rings. The summed E-state index contributed by atoms with van der Waals surface area (Å²) >= 11 is 3.48. The predicted molar refractivity (Wildman–Crippen MR) is 78.6 cm³/mol. The molecule has 0 aliphatic rings. The standard InChI is InChI=1S/C14H18BrN3/c1-3-7-12(11-8-5-4-6-9-11)18-14(16)13(15)10(2)17-18/h4-6,8-9,12H,3,7,16H2,1-2H3. The van der Waals surface area contributed by atoms with E-state index in [2.05, 4.69) is 52.2 Å². The second kappa shape index (κ2) is 5.57. The first-order valence-corrected chi connectivity index (χ1v) is 6.99. The van der Waals surface area contributed by atoms with Crippen LogP contribution in [0.5, 0.6) is 0 Å². The molecule has 0 aliphatic heterocycles. The number of hydrogen-bond donors (Lipinski definition) is 1. The first-order valence-electron chi connectivity index (χ1n) is 6.20. The molecule has 1 atom stereocenters. The van der Waals surface area contributed by atoms with Crippen LogP contribution in [-0.2, 0) is 0 Å². The first-order chi connectivity index (χ1) is 8.65. The van der Waals surface area contributed by atoms with Crippen LogP contribution in [0, 0.1) is 6.92 Å². The van der Waals surface area contributed by atoms with Crippen LogP contribution in [-0.4, -0.2) is 9.78 Å². The van der Waals surface area contributed by atoms with Crippen molar-refractivity contribution < 1.29 is 0 Å². The number of benzene rings is 1. The Bertz CT molecular complexity index is 519. The molecule has 1 unspecified atom stereocenters. The van der Waals surface area contributed by atoms with Crippen molar-refractivity contribution in [1.29, 1.82) is 0 Å². The molecule has 96 valence electrons. The van der Waals surface area contributed by atoms with E-state index >= 15 is 0 Å². The number of anilines is 1. The SMILES string of the molecule is CCCC(c1ccccc1)n1nc(C)c(Br)c1N. The van der Waals surface area contributed by atoms with Gasteiger partial charge in [0.1, 0.15) is 5.82 Å². The van der Waals surface area contributed by atoms with Gasteiger partial charge in [-0.25, -0.2) is 4.68 Å². The quantitative estimate of drug-likeness (QED) is 0.930. The van der Waals surface area contributed by atoms with Gasteiger partial charge >= 0.3 is 0 Å². The summed E-state index contributed by atoms with van der Waals surface area (Å²) in [6, 6.07) is 10.6. The lowest BCUT2D eigenvalue weighted by Gasteiger charge is -2.18. The van der Waals surface area contributed by atoms with E-state index in [1.54, 1.807) is 0 Å². The molecule has 2 rings (SSSR count). The maximum absolute atomic E-state index is 6.13. The van der Waals surface area contributed by atoms with Gasteiger partial charge in [-0.05, 0) is 34.8 Å². The van der Waals surface area contributed by atoms with Gasteiger partial charge in [-0.15, -0.1) is 0 Å². The van der Waals surface area contributed by atoms with E-state index in [0.29, 0.717) is 5.82 Å². The summed E-state index contributed by atoms with van der Waals surface area (Å²) in [5.74, 6) is 0.704. The van der Waals surface area contributed by atoms with Gasteiger partial charge in [0.05, 0.1) is 16.2 Å². The van der Waals surface area contributed by atoms with Gasteiger partial charge in [0.2, 0.25) is 0 Å². The summed E-state index contributed by atoms with van der Waals surface area (Å²) in [4.78, 5) is 0. The third-order valence-corrected chi connectivity index (χ3v) is 4.07. The van der Waals surface area contributed by atoms with Gasteiger partial charge in [0.25, 0.3) is 0 Å². The number of nitrogen functional groups attached to an aromatic ring is 1. The Balaban J connectivity index is 2.45. The number of aryl methyl sites for hydroxylation is 1. The molecular weight excluding hydrogens is 290 g/mol. The Hall–Kier alpha value is -1.29. The molecule has 0 amide bonds. The van der Waals surface area contributed by atoms with E-state index in [0.717, 1.165) is 23.0 Å². The van der Waals surface area contributed by atoms with Crippen molar-refractivity contribution in [1.82, 2.24) is 9.78 Å². The molecule has 2 aromatic rings. The van der Waals surface area contributed by atoms with E-state index in [1.807, 2.05) is 17.7 Å². The zero-order valence-corrected chi connectivity index (χ0v) is 12.3. The molecule has 1 aromatic carbocycles. The number of nitrogens with two attached hydrogens (primary N) is 1. The second-order valence-corrected chi connectivity index (χ2v) is 5.24. The number of halogens is 1. The van der Waals surface area contributed by atoms with Gasteiger partial charge in [-0.1, -0.05) is 43.7 Å². The van der Waals surface area contributed by atoms with Crippen molar-refractivity contribution in [2.75, 3.05) is 5.73 Å². The van der Waals surface area contributed by atoms with Crippen LogP contribution in [0.25, 0.3) is 0 Å².